The van der Waals surface area contributed by atoms with Gasteiger partial charge in [0.25, 0.3) is 0 Å². The molecule has 0 spiro atoms. The molecule has 4 heteroatoms. The third-order valence-electron chi connectivity index (χ3n) is 3.29. The van der Waals surface area contributed by atoms with Crippen LogP contribution in [0.2, 0.25) is 0 Å². The number of hydrogen-bond acceptors (Lipinski definition) is 3. The number of piperazine rings is 1. The van der Waals surface area contributed by atoms with Crippen molar-refractivity contribution < 1.29 is 9.53 Å². The van der Waals surface area contributed by atoms with Crippen LogP contribution in [0.15, 0.2) is 0 Å². The minimum atomic E-state index is 0.144. The minimum absolute atomic E-state index is 0.144. The molecule has 0 radical (unpaired) electrons. The first-order chi connectivity index (χ1) is 8.06. The molecule has 0 aromatic heterocycles. The Balaban J connectivity index is 2.51. The van der Waals surface area contributed by atoms with E-state index in [0.717, 1.165) is 26.1 Å². The van der Waals surface area contributed by atoms with E-state index < -0.39 is 0 Å². The van der Waals surface area contributed by atoms with E-state index in [1.807, 2.05) is 4.90 Å². The van der Waals surface area contributed by atoms with Crippen LogP contribution < -0.4 is 0 Å². The van der Waals surface area contributed by atoms with Gasteiger partial charge in [-0.25, -0.2) is 0 Å². The number of likely N-dealkylation sites (N-methyl/N-ethyl adjacent to an activating group) is 1. The average molecular weight is 242 g/mol. The number of carbonyl (C=O) groups is 1. The van der Waals surface area contributed by atoms with E-state index in [1.165, 1.54) is 0 Å². The SMILES string of the molecule is CCCOCC(=O)N1CCN(C)C[C@@H]1C(C)C. The molecule has 100 valence electrons. The van der Waals surface area contributed by atoms with E-state index in [4.69, 9.17) is 4.74 Å². The Morgan fingerprint density at radius 2 is 2.12 bits per heavy atom. The minimum Gasteiger partial charge on any atom is -0.372 e. The van der Waals surface area contributed by atoms with Crippen molar-refractivity contribution in [3.05, 3.63) is 0 Å². The molecule has 0 aromatic carbocycles. The molecule has 1 rings (SSSR count). The van der Waals surface area contributed by atoms with Crippen LogP contribution in [0.4, 0.5) is 0 Å². The Kier molecular flexibility index (Phi) is 5.92. The van der Waals surface area contributed by atoms with Crippen LogP contribution in [0.3, 0.4) is 0 Å². The molecule has 1 aliphatic heterocycles. The summed E-state index contributed by atoms with van der Waals surface area (Å²) in [6, 6.07) is 0.325. The molecule has 1 aliphatic rings. The molecule has 1 atom stereocenters. The summed E-state index contributed by atoms with van der Waals surface area (Å²) >= 11 is 0. The fraction of sp³-hybridized carbons (Fsp3) is 0.923. The van der Waals surface area contributed by atoms with E-state index in [9.17, 15) is 4.79 Å². The molecular formula is C13H26N2O2. The number of carbonyl (C=O) groups excluding carboxylic acids is 1. The summed E-state index contributed by atoms with van der Waals surface area (Å²) in [4.78, 5) is 16.4. The lowest BCUT2D eigenvalue weighted by Gasteiger charge is -2.42. The Labute approximate surface area is 105 Å². The number of nitrogens with zero attached hydrogens (tertiary/aromatic N) is 2. The lowest BCUT2D eigenvalue weighted by atomic mass is 10.00. The molecule has 0 aromatic rings. The van der Waals surface area contributed by atoms with Gasteiger partial charge in [-0.1, -0.05) is 20.8 Å². The maximum absolute atomic E-state index is 12.1. The first-order valence-corrected chi connectivity index (χ1v) is 6.62. The smallest absolute Gasteiger partial charge is 0.248 e. The van der Waals surface area contributed by atoms with Crippen LogP contribution in [-0.2, 0) is 9.53 Å². The van der Waals surface area contributed by atoms with Gasteiger partial charge in [-0.05, 0) is 19.4 Å². The van der Waals surface area contributed by atoms with E-state index in [-0.39, 0.29) is 12.5 Å². The highest BCUT2D eigenvalue weighted by atomic mass is 16.5. The van der Waals surface area contributed by atoms with Gasteiger partial charge < -0.3 is 14.5 Å². The van der Waals surface area contributed by atoms with Gasteiger partial charge in [-0.2, -0.15) is 0 Å². The quantitative estimate of drug-likeness (QED) is 0.679. The van der Waals surface area contributed by atoms with Gasteiger partial charge in [-0.3, -0.25) is 4.79 Å². The van der Waals surface area contributed by atoms with Crippen LogP contribution >= 0.6 is 0 Å². The largest absolute Gasteiger partial charge is 0.372 e. The molecule has 0 aliphatic carbocycles. The van der Waals surface area contributed by atoms with Gasteiger partial charge in [0.2, 0.25) is 5.91 Å². The second kappa shape index (κ2) is 6.97. The zero-order valence-electron chi connectivity index (χ0n) is 11.6. The summed E-state index contributed by atoms with van der Waals surface area (Å²) in [5, 5.41) is 0. The first-order valence-electron chi connectivity index (χ1n) is 6.62. The summed E-state index contributed by atoms with van der Waals surface area (Å²) in [5.74, 6) is 0.637. The topological polar surface area (TPSA) is 32.8 Å². The molecule has 0 saturated carbocycles. The third kappa shape index (κ3) is 4.28. The molecule has 1 heterocycles. The van der Waals surface area contributed by atoms with Crippen LogP contribution in [-0.4, -0.2) is 61.6 Å². The highest BCUT2D eigenvalue weighted by Gasteiger charge is 2.30. The van der Waals surface area contributed by atoms with Crippen LogP contribution in [0.5, 0.6) is 0 Å². The molecule has 0 N–H and O–H groups in total. The Morgan fingerprint density at radius 1 is 1.41 bits per heavy atom. The van der Waals surface area contributed by atoms with Crippen LogP contribution in [0.25, 0.3) is 0 Å². The molecule has 0 bridgehead atoms. The van der Waals surface area contributed by atoms with E-state index in [2.05, 4.69) is 32.7 Å². The molecule has 0 unspecified atom stereocenters. The average Bonchev–Trinajstić information content (AvgIpc) is 2.29. The van der Waals surface area contributed by atoms with Gasteiger partial charge in [0.05, 0.1) is 0 Å². The molecule has 1 saturated heterocycles. The maximum Gasteiger partial charge on any atom is 0.248 e. The van der Waals surface area contributed by atoms with E-state index in [1.54, 1.807) is 0 Å². The Bertz CT molecular complexity index is 244. The number of rotatable bonds is 5. The molecular weight excluding hydrogens is 216 g/mol. The lowest BCUT2D eigenvalue weighted by molar-refractivity contribution is -0.142. The van der Waals surface area contributed by atoms with Gasteiger partial charge in [0.1, 0.15) is 6.61 Å². The Hall–Kier alpha value is -0.610. The third-order valence-corrected chi connectivity index (χ3v) is 3.29. The van der Waals surface area contributed by atoms with Gasteiger partial charge >= 0.3 is 0 Å². The normalized spacial score (nSPS) is 22.2. The zero-order valence-corrected chi connectivity index (χ0v) is 11.6. The molecule has 1 amide bonds. The van der Waals surface area contributed by atoms with Crippen molar-refractivity contribution in [1.29, 1.82) is 0 Å². The summed E-state index contributed by atoms with van der Waals surface area (Å²) in [6.45, 7) is 10.1. The molecule has 17 heavy (non-hydrogen) atoms. The van der Waals surface area contributed by atoms with Crippen molar-refractivity contribution in [2.45, 2.75) is 33.2 Å². The maximum atomic E-state index is 12.1. The van der Waals surface area contributed by atoms with Crippen molar-refractivity contribution in [3.63, 3.8) is 0 Å². The number of hydrogen-bond donors (Lipinski definition) is 0. The lowest BCUT2D eigenvalue weighted by Crippen LogP contribution is -2.56. The van der Waals surface area contributed by atoms with Gasteiger partial charge in [0.15, 0.2) is 0 Å². The summed E-state index contributed by atoms with van der Waals surface area (Å²) in [6.07, 6.45) is 0.962. The van der Waals surface area contributed by atoms with Crippen molar-refractivity contribution in [1.82, 2.24) is 9.80 Å². The first kappa shape index (κ1) is 14.5. The van der Waals surface area contributed by atoms with Crippen molar-refractivity contribution in [2.24, 2.45) is 5.92 Å². The fourth-order valence-electron chi connectivity index (χ4n) is 2.22. The monoisotopic (exact) mass is 242 g/mol. The standard InChI is InChI=1S/C13H26N2O2/c1-5-8-17-10-13(16)15-7-6-14(4)9-12(15)11(2)3/h11-12H,5-10H2,1-4H3/t12-/m1/s1. The predicted octanol–water partition coefficient (Wildman–Crippen LogP) is 1.21. The Morgan fingerprint density at radius 3 is 2.71 bits per heavy atom. The molecule has 1 fully saturated rings. The summed E-state index contributed by atoms with van der Waals surface area (Å²) in [7, 11) is 2.12. The number of amides is 1. The molecule has 4 nitrogen and oxygen atoms in total. The van der Waals surface area contributed by atoms with Crippen LogP contribution in [0, 0.1) is 5.92 Å². The fourth-order valence-corrected chi connectivity index (χ4v) is 2.22. The second-order valence-corrected chi connectivity index (χ2v) is 5.21. The van der Waals surface area contributed by atoms with Crippen molar-refractivity contribution in [2.75, 3.05) is 39.9 Å². The second-order valence-electron chi connectivity index (χ2n) is 5.21. The van der Waals surface area contributed by atoms with Crippen LogP contribution in [0.1, 0.15) is 27.2 Å². The van der Waals surface area contributed by atoms with Gasteiger partial charge in [0, 0.05) is 32.3 Å². The zero-order chi connectivity index (χ0) is 12.8. The summed E-state index contributed by atoms with van der Waals surface area (Å²) in [5.41, 5.74) is 0. The highest BCUT2D eigenvalue weighted by Crippen LogP contribution is 2.16. The summed E-state index contributed by atoms with van der Waals surface area (Å²) < 4.78 is 5.35. The number of ether oxygens (including phenoxy) is 1. The predicted molar refractivity (Wildman–Crippen MR) is 68.9 cm³/mol. The van der Waals surface area contributed by atoms with E-state index in [0.29, 0.717) is 18.6 Å². The van der Waals surface area contributed by atoms with Gasteiger partial charge in [-0.15, -0.1) is 0 Å². The van der Waals surface area contributed by atoms with Crippen molar-refractivity contribution >= 4 is 5.91 Å². The van der Waals surface area contributed by atoms with E-state index >= 15 is 0 Å². The van der Waals surface area contributed by atoms with Crippen molar-refractivity contribution in [3.8, 4) is 0 Å². The highest BCUT2D eigenvalue weighted by molar-refractivity contribution is 5.78.